The molecule has 0 heterocycles. The molecule has 6 nitrogen and oxygen atoms in total. The molecular formula is C12H15F5N2O4Si. The molecule has 1 aromatic rings. The summed E-state index contributed by atoms with van der Waals surface area (Å²) in [6, 6.07) is -1.18. The lowest BCUT2D eigenvalue weighted by molar-refractivity contribution is -0.295. The molecule has 0 aliphatic heterocycles. The maximum absolute atomic E-state index is 13.3. The number of hydrogen-bond acceptors (Lipinski definition) is 4. The zero-order valence-electron chi connectivity index (χ0n) is 12.4. The van der Waals surface area contributed by atoms with Crippen LogP contribution in [0, 0.1) is 29.1 Å². The summed E-state index contributed by atoms with van der Waals surface area (Å²) in [4.78, 5) is 11.4. The number of amides is 2. The highest BCUT2D eigenvalue weighted by Gasteiger charge is 2.26. The zero-order valence-corrected chi connectivity index (χ0v) is 14.4. The van der Waals surface area contributed by atoms with Crippen LogP contribution in [-0.2, 0) is 4.43 Å². The van der Waals surface area contributed by atoms with Gasteiger partial charge in [-0.1, -0.05) is 0 Å². The van der Waals surface area contributed by atoms with E-state index in [9.17, 15) is 26.7 Å². The number of hydrogen-bond donors (Lipinski definition) is 4. The van der Waals surface area contributed by atoms with E-state index >= 15 is 0 Å². The second kappa shape index (κ2) is 8.37. The monoisotopic (exact) mass is 374 g/mol. The summed E-state index contributed by atoms with van der Waals surface area (Å²) in [6.45, 7) is -0.0432. The minimum Gasteiger partial charge on any atom is -0.381 e. The molecule has 0 fully saturated rings. The highest BCUT2D eigenvalue weighted by atomic mass is 28.2. The van der Waals surface area contributed by atoms with Crippen LogP contribution in [0.15, 0.2) is 0 Å². The molecule has 0 aromatic heterocycles. The minimum absolute atomic E-state index is 0.0432. The Bertz CT molecular complexity index is 589. The fourth-order valence-corrected chi connectivity index (χ4v) is 1.86. The van der Waals surface area contributed by atoms with Crippen LogP contribution in [0.5, 0.6) is 0 Å². The van der Waals surface area contributed by atoms with Gasteiger partial charge in [-0.3, -0.25) is 0 Å². The number of rotatable bonds is 7. The van der Waals surface area contributed by atoms with Gasteiger partial charge in [0.25, 0.3) is 5.97 Å². The predicted molar refractivity (Wildman–Crippen MR) is 75.3 cm³/mol. The van der Waals surface area contributed by atoms with Gasteiger partial charge in [0.05, 0.1) is 0 Å². The van der Waals surface area contributed by atoms with Crippen LogP contribution in [0.2, 0.25) is 0 Å². The van der Waals surface area contributed by atoms with Crippen LogP contribution in [-0.4, -0.2) is 39.2 Å². The first-order chi connectivity index (χ1) is 11.1. The second-order valence-corrected chi connectivity index (χ2v) is 5.14. The summed E-state index contributed by atoms with van der Waals surface area (Å²) in [5.41, 5.74) is -1.46. The number of unbranched alkanes of at least 4 members (excludes halogenated alkanes) is 1. The number of nitrogens with one attached hydrogen (secondary N) is 2. The average molecular weight is 374 g/mol. The van der Waals surface area contributed by atoms with E-state index in [0.29, 0.717) is 0 Å². The first-order valence-electron chi connectivity index (χ1n) is 6.67. The molecule has 0 saturated heterocycles. The van der Waals surface area contributed by atoms with E-state index in [0.717, 1.165) is 0 Å². The highest BCUT2D eigenvalue weighted by molar-refractivity contribution is 5.98. The number of halogens is 5. The lowest BCUT2D eigenvalue weighted by Gasteiger charge is -2.19. The number of urea groups is 1. The number of aliphatic hydroxyl groups is 2. The first-order valence-corrected chi connectivity index (χ1v) is 7.48. The largest absolute Gasteiger partial charge is 0.381 e. The van der Waals surface area contributed by atoms with E-state index in [-0.39, 0.29) is 36.3 Å². The van der Waals surface area contributed by atoms with Crippen molar-refractivity contribution >= 4 is 22.2 Å². The van der Waals surface area contributed by atoms with E-state index < -0.39 is 46.8 Å². The SMILES string of the molecule is O=C(NCCCCC(O)(O)O[SiH3])Nc1c(F)c(F)c(F)c(F)c1F. The minimum atomic E-state index is -2.33. The fourth-order valence-electron chi connectivity index (χ4n) is 1.66. The average Bonchev–Trinajstić information content (AvgIpc) is 2.54. The Balaban J connectivity index is 2.55. The van der Waals surface area contributed by atoms with Crippen molar-refractivity contribution in [2.75, 3.05) is 11.9 Å². The molecule has 136 valence electrons. The Morgan fingerprint density at radius 1 is 1.00 bits per heavy atom. The van der Waals surface area contributed by atoms with Crippen molar-refractivity contribution in [3.05, 3.63) is 29.1 Å². The van der Waals surface area contributed by atoms with Crippen LogP contribution < -0.4 is 10.6 Å². The molecule has 4 N–H and O–H groups in total. The second-order valence-electron chi connectivity index (χ2n) is 4.73. The van der Waals surface area contributed by atoms with Crippen LogP contribution in [0.1, 0.15) is 19.3 Å². The van der Waals surface area contributed by atoms with Crippen molar-refractivity contribution in [2.45, 2.75) is 25.2 Å². The standard InChI is InChI=1S/C12H15F5N2O4Si/c13-5-6(14)8(16)10(9(17)7(5)15)19-11(20)18-4-2-1-3-12(21,22)23-24/h21-22H,1-4H2,24H3,(H2,18,19,20). The summed E-state index contributed by atoms with van der Waals surface area (Å²) in [7, 11) is 0.107. The molecule has 12 heteroatoms. The highest BCUT2D eigenvalue weighted by Crippen LogP contribution is 2.26. The molecule has 1 aromatic carbocycles. The summed E-state index contributed by atoms with van der Waals surface area (Å²) < 4.78 is 69.9. The molecule has 0 radical (unpaired) electrons. The maximum atomic E-state index is 13.3. The van der Waals surface area contributed by atoms with E-state index in [1.165, 1.54) is 0 Å². The number of carbonyl (C=O) groups excluding carboxylic acids is 1. The van der Waals surface area contributed by atoms with Crippen molar-refractivity contribution in [3.63, 3.8) is 0 Å². The van der Waals surface area contributed by atoms with Gasteiger partial charge in [0.1, 0.15) is 5.69 Å². The van der Waals surface area contributed by atoms with Gasteiger partial charge < -0.3 is 25.3 Å². The third-order valence-corrected chi connectivity index (χ3v) is 3.64. The molecule has 2 amide bonds. The predicted octanol–water partition coefficient (Wildman–Crippen LogP) is 0.609. The number of anilines is 1. The van der Waals surface area contributed by atoms with Crippen LogP contribution in [0.4, 0.5) is 32.4 Å². The summed E-state index contributed by atoms with van der Waals surface area (Å²) in [6.07, 6.45) is 0.355. The molecule has 0 aliphatic rings. The van der Waals surface area contributed by atoms with Crippen LogP contribution in [0.25, 0.3) is 0 Å². The van der Waals surface area contributed by atoms with Crippen molar-refractivity contribution in [1.82, 2.24) is 5.32 Å². The lowest BCUT2D eigenvalue weighted by atomic mass is 10.2. The van der Waals surface area contributed by atoms with Gasteiger partial charge in [0, 0.05) is 13.0 Å². The van der Waals surface area contributed by atoms with Gasteiger partial charge >= 0.3 is 6.03 Å². The summed E-state index contributed by atoms with van der Waals surface area (Å²) >= 11 is 0. The van der Waals surface area contributed by atoms with Crippen LogP contribution >= 0.6 is 0 Å². The Kier molecular flexibility index (Phi) is 7.07. The van der Waals surface area contributed by atoms with Gasteiger partial charge in [-0.25, -0.2) is 26.7 Å². The number of carbonyl (C=O) groups is 1. The Hall–Kier alpha value is -1.76. The maximum Gasteiger partial charge on any atom is 0.319 e. The molecule has 24 heavy (non-hydrogen) atoms. The molecule has 0 bridgehead atoms. The Morgan fingerprint density at radius 2 is 1.50 bits per heavy atom. The van der Waals surface area contributed by atoms with Gasteiger partial charge in [0.2, 0.25) is 5.82 Å². The van der Waals surface area contributed by atoms with Crippen molar-refractivity contribution in [3.8, 4) is 0 Å². The third kappa shape index (κ3) is 5.12. The molecule has 0 atom stereocenters. The topological polar surface area (TPSA) is 90.8 Å². The zero-order chi connectivity index (χ0) is 18.5. The van der Waals surface area contributed by atoms with Crippen LogP contribution in [0.3, 0.4) is 0 Å². The smallest absolute Gasteiger partial charge is 0.319 e. The van der Waals surface area contributed by atoms with E-state index in [4.69, 9.17) is 10.2 Å². The normalized spacial score (nSPS) is 11.6. The van der Waals surface area contributed by atoms with E-state index in [1.54, 1.807) is 5.32 Å². The first kappa shape index (κ1) is 20.3. The van der Waals surface area contributed by atoms with E-state index in [1.807, 2.05) is 0 Å². The lowest BCUT2D eigenvalue weighted by Crippen LogP contribution is -2.32. The molecule has 0 saturated carbocycles. The molecule has 0 aliphatic carbocycles. The number of benzene rings is 1. The van der Waals surface area contributed by atoms with Crippen molar-refractivity contribution in [2.24, 2.45) is 0 Å². The van der Waals surface area contributed by atoms with Gasteiger partial charge in [-0.05, 0) is 12.8 Å². The van der Waals surface area contributed by atoms with Gasteiger partial charge in [-0.15, -0.1) is 0 Å². The van der Waals surface area contributed by atoms with Crippen molar-refractivity contribution < 1.29 is 41.4 Å². The van der Waals surface area contributed by atoms with Gasteiger partial charge in [0.15, 0.2) is 33.8 Å². The Labute approximate surface area is 136 Å². The summed E-state index contributed by atoms with van der Waals surface area (Å²) in [5.74, 6) is -13.2. The van der Waals surface area contributed by atoms with Gasteiger partial charge in [-0.2, -0.15) is 0 Å². The van der Waals surface area contributed by atoms with E-state index in [2.05, 4.69) is 9.74 Å². The van der Waals surface area contributed by atoms with Crippen molar-refractivity contribution in [1.29, 1.82) is 0 Å². The molecular weight excluding hydrogens is 359 g/mol. The quantitative estimate of drug-likeness (QED) is 0.141. The molecule has 1 rings (SSSR count). The fraction of sp³-hybridized carbons (Fsp3) is 0.417. The molecule has 0 spiro atoms. The summed E-state index contributed by atoms with van der Waals surface area (Å²) in [5, 5.41) is 22.0. The third-order valence-electron chi connectivity index (χ3n) is 2.99. The Morgan fingerprint density at radius 3 is 2.00 bits per heavy atom. The molecule has 0 unspecified atom stereocenters.